The Morgan fingerprint density at radius 1 is 0.509 bits per heavy atom. The Kier molecular flexibility index (Phi) is 11.4. The molecular formula is C52H51N5. The van der Waals surface area contributed by atoms with Crippen LogP contribution in [0.2, 0.25) is 0 Å². The SMILES string of the molecule is CCCCC(CC)Cn1c2ccc(N(c3ccccc3)c3ccccc3)cc2c2cc(N(c3ccccc3)c3ccc(/C=N/N(C)c4ccccc4)cc3)ccc21. The summed E-state index contributed by atoms with van der Waals surface area (Å²) in [7, 11) is 1.97. The maximum atomic E-state index is 4.71. The third kappa shape index (κ3) is 8.20. The van der Waals surface area contributed by atoms with Gasteiger partial charge < -0.3 is 14.4 Å². The molecule has 8 aromatic rings. The number of fused-ring (bicyclic) bond motifs is 3. The van der Waals surface area contributed by atoms with Gasteiger partial charge in [0.2, 0.25) is 0 Å². The first-order valence-corrected chi connectivity index (χ1v) is 20.4. The normalized spacial score (nSPS) is 12.0. The maximum Gasteiger partial charge on any atom is 0.0590 e. The van der Waals surface area contributed by atoms with Gasteiger partial charge in [0.1, 0.15) is 0 Å². The van der Waals surface area contributed by atoms with Crippen LogP contribution in [0.3, 0.4) is 0 Å². The Hall–Kier alpha value is -6.59. The standard InChI is InChI=1S/C52H51N5/c1-4-6-19-40(5-2)39-55-51-34-32-47(56(43-22-13-8-14-23-43)44-24-15-9-16-25-44)36-49(51)50-37-48(33-35-52(50)55)57(45-26-17-10-18-27-45)46-30-28-41(29-31-46)38-53-54(3)42-20-11-7-12-21-42/h7-18,20-38,40H,4-6,19,39H2,1-3H3/b53-38+. The number of benzene rings is 7. The minimum absolute atomic E-state index is 0.614. The Morgan fingerprint density at radius 2 is 0.930 bits per heavy atom. The highest BCUT2D eigenvalue weighted by atomic mass is 15.4. The lowest BCUT2D eigenvalue weighted by atomic mass is 9.99. The van der Waals surface area contributed by atoms with Crippen LogP contribution in [0.5, 0.6) is 0 Å². The molecule has 0 fully saturated rings. The van der Waals surface area contributed by atoms with Crippen LogP contribution in [-0.2, 0) is 6.54 Å². The molecule has 1 atom stereocenters. The number of rotatable bonds is 15. The molecule has 1 heterocycles. The summed E-state index contributed by atoms with van der Waals surface area (Å²) < 4.78 is 2.59. The van der Waals surface area contributed by atoms with Crippen molar-refractivity contribution in [2.24, 2.45) is 11.0 Å². The van der Waals surface area contributed by atoms with Gasteiger partial charge in [0.05, 0.1) is 11.9 Å². The number of hydrogen-bond donors (Lipinski definition) is 0. The fraction of sp³-hybridized carbons (Fsp3) is 0.173. The van der Waals surface area contributed by atoms with Crippen molar-refractivity contribution in [1.82, 2.24) is 4.57 Å². The molecule has 0 saturated heterocycles. The first-order chi connectivity index (χ1) is 28.1. The van der Waals surface area contributed by atoms with Crippen molar-refractivity contribution in [3.63, 3.8) is 0 Å². The van der Waals surface area contributed by atoms with Crippen LogP contribution in [0.15, 0.2) is 187 Å². The summed E-state index contributed by atoms with van der Waals surface area (Å²) in [6, 6.07) is 65.0. The highest BCUT2D eigenvalue weighted by Gasteiger charge is 2.20. The molecule has 7 aromatic carbocycles. The summed E-state index contributed by atoms with van der Waals surface area (Å²) in [5.41, 5.74) is 11.3. The molecule has 0 bridgehead atoms. The van der Waals surface area contributed by atoms with Gasteiger partial charge >= 0.3 is 0 Å². The predicted molar refractivity (Wildman–Crippen MR) is 245 cm³/mol. The molecule has 0 spiro atoms. The second kappa shape index (κ2) is 17.5. The Morgan fingerprint density at radius 3 is 1.37 bits per heavy atom. The molecule has 0 aliphatic rings. The second-order valence-electron chi connectivity index (χ2n) is 14.8. The van der Waals surface area contributed by atoms with Gasteiger partial charge in [-0.2, -0.15) is 5.10 Å². The predicted octanol–water partition coefficient (Wildman–Crippen LogP) is 14.4. The Balaban J connectivity index is 1.25. The number of hydrazone groups is 1. The molecule has 284 valence electrons. The van der Waals surface area contributed by atoms with Crippen LogP contribution >= 0.6 is 0 Å². The van der Waals surface area contributed by atoms with Gasteiger partial charge in [-0.05, 0) is 115 Å². The first-order valence-electron chi connectivity index (χ1n) is 20.4. The maximum absolute atomic E-state index is 4.71. The number of unbranched alkanes of at least 4 members (excludes halogenated alkanes) is 1. The number of aromatic nitrogens is 1. The third-order valence-electron chi connectivity index (χ3n) is 11.0. The van der Waals surface area contributed by atoms with Crippen LogP contribution in [0.1, 0.15) is 45.1 Å². The van der Waals surface area contributed by atoms with Crippen molar-refractivity contribution >= 4 is 67.8 Å². The summed E-state index contributed by atoms with van der Waals surface area (Å²) in [6.45, 7) is 5.64. The average molecular weight is 746 g/mol. The Bertz CT molecular complexity index is 2490. The highest BCUT2D eigenvalue weighted by molar-refractivity contribution is 6.11. The van der Waals surface area contributed by atoms with Crippen LogP contribution in [0.25, 0.3) is 21.8 Å². The zero-order valence-electron chi connectivity index (χ0n) is 33.2. The topological polar surface area (TPSA) is 27.0 Å². The summed E-state index contributed by atoms with van der Waals surface area (Å²) in [5, 5.41) is 9.12. The van der Waals surface area contributed by atoms with Crippen molar-refractivity contribution in [1.29, 1.82) is 0 Å². The quantitative estimate of drug-likeness (QED) is 0.0772. The second-order valence-corrected chi connectivity index (χ2v) is 14.8. The highest BCUT2D eigenvalue weighted by Crippen LogP contribution is 2.42. The van der Waals surface area contributed by atoms with E-state index in [0.717, 1.165) is 58.3 Å². The van der Waals surface area contributed by atoms with Gasteiger partial charge in [-0.15, -0.1) is 0 Å². The molecule has 0 aliphatic heterocycles. The van der Waals surface area contributed by atoms with E-state index >= 15 is 0 Å². The molecule has 0 aliphatic carbocycles. The van der Waals surface area contributed by atoms with Gasteiger partial charge in [-0.1, -0.05) is 118 Å². The summed E-state index contributed by atoms with van der Waals surface area (Å²) in [5.74, 6) is 0.614. The van der Waals surface area contributed by atoms with E-state index in [2.05, 4.69) is 192 Å². The third-order valence-corrected chi connectivity index (χ3v) is 11.0. The number of nitrogens with zero attached hydrogens (tertiary/aromatic N) is 5. The molecule has 0 radical (unpaired) electrons. The van der Waals surface area contributed by atoms with Gasteiger partial charge in [-0.3, -0.25) is 5.01 Å². The monoisotopic (exact) mass is 745 g/mol. The largest absolute Gasteiger partial charge is 0.340 e. The molecule has 5 nitrogen and oxygen atoms in total. The summed E-state index contributed by atoms with van der Waals surface area (Å²) in [4.78, 5) is 4.72. The fourth-order valence-corrected chi connectivity index (χ4v) is 7.93. The van der Waals surface area contributed by atoms with Crippen LogP contribution in [0, 0.1) is 5.92 Å². The van der Waals surface area contributed by atoms with Crippen molar-refractivity contribution in [2.75, 3.05) is 21.9 Å². The van der Waals surface area contributed by atoms with Crippen molar-refractivity contribution in [3.05, 3.63) is 188 Å². The minimum Gasteiger partial charge on any atom is -0.340 e. The van der Waals surface area contributed by atoms with E-state index in [4.69, 9.17) is 5.10 Å². The van der Waals surface area contributed by atoms with Crippen molar-refractivity contribution < 1.29 is 0 Å². The number of hydrogen-bond acceptors (Lipinski definition) is 4. The van der Waals surface area contributed by atoms with Crippen LogP contribution in [0.4, 0.5) is 39.8 Å². The number of anilines is 7. The van der Waals surface area contributed by atoms with Crippen LogP contribution < -0.4 is 14.8 Å². The zero-order valence-corrected chi connectivity index (χ0v) is 33.2. The van der Waals surface area contributed by atoms with E-state index in [1.807, 2.05) is 36.5 Å². The lowest BCUT2D eigenvalue weighted by molar-refractivity contribution is 0.401. The number of para-hydroxylation sites is 4. The van der Waals surface area contributed by atoms with E-state index < -0.39 is 0 Å². The van der Waals surface area contributed by atoms with Gasteiger partial charge in [0, 0.05) is 69.5 Å². The molecule has 0 amide bonds. The molecular weight excluding hydrogens is 695 g/mol. The molecule has 0 saturated carbocycles. The molecule has 0 N–H and O–H groups in total. The lowest BCUT2D eigenvalue weighted by Gasteiger charge is -2.26. The summed E-state index contributed by atoms with van der Waals surface area (Å²) in [6.07, 6.45) is 6.80. The van der Waals surface area contributed by atoms with Crippen molar-refractivity contribution in [2.45, 2.75) is 46.1 Å². The molecule has 5 heteroatoms. The van der Waals surface area contributed by atoms with Gasteiger partial charge in [0.15, 0.2) is 0 Å². The molecule has 1 unspecified atom stereocenters. The van der Waals surface area contributed by atoms with Gasteiger partial charge in [-0.25, -0.2) is 0 Å². The fourth-order valence-electron chi connectivity index (χ4n) is 7.93. The Labute approximate surface area is 337 Å². The molecule has 57 heavy (non-hydrogen) atoms. The summed E-state index contributed by atoms with van der Waals surface area (Å²) >= 11 is 0. The smallest absolute Gasteiger partial charge is 0.0590 e. The van der Waals surface area contributed by atoms with E-state index in [1.54, 1.807) is 0 Å². The molecule has 8 rings (SSSR count). The van der Waals surface area contributed by atoms with Crippen molar-refractivity contribution in [3.8, 4) is 0 Å². The zero-order chi connectivity index (χ0) is 39.0. The first kappa shape index (κ1) is 37.3. The van der Waals surface area contributed by atoms with Crippen LogP contribution in [-0.4, -0.2) is 17.8 Å². The minimum atomic E-state index is 0.614. The molecule has 1 aromatic heterocycles. The van der Waals surface area contributed by atoms with E-state index in [9.17, 15) is 0 Å². The average Bonchev–Trinajstić information content (AvgIpc) is 3.57. The van der Waals surface area contributed by atoms with E-state index in [0.29, 0.717) is 5.92 Å². The lowest BCUT2D eigenvalue weighted by Crippen LogP contribution is -2.11. The van der Waals surface area contributed by atoms with E-state index in [1.165, 1.54) is 41.1 Å². The van der Waals surface area contributed by atoms with Gasteiger partial charge in [0.25, 0.3) is 0 Å². The van der Waals surface area contributed by atoms with E-state index in [-0.39, 0.29) is 0 Å².